The first-order valence-corrected chi connectivity index (χ1v) is 6.96. The van der Waals surface area contributed by atoms with Crippen molar-refractivity contribution in [1.29, 1.82) is 0 Å². The molecule has 0 bridgehead atoms. The lowest BCUT2D eigenvalue weighted by molar-refractivity contribution is 0.812. The summed E-state index contributed by atoms with van der Waals surface area (Å²) in [6.07, 6.45) is 5.57. The Morgan fingerprint density at radius 2 is 2.15 bits per heavy atom. The number of fused-ring (bicyclic) bond motifs is 1. The number of nitrogens with zero attached hydrogens (tertiary/aromatic N) is 2. The molecule has 3 aromatic rings. The van der Waals surface area contributed by atoms with E-state index >= 15 is 0 Å². The summed E-state index contributed by atoms with van der Waals surface area (Å²) in [7, 11) is 1.96. The van der Waals surface area contributed by atoms with Crippen LogP contribution in [0.25, 0.3) is 10.9 Å². The van der Waals surface area contributed by atoms with Gasteiger partial charge in [-0.1, -0.05) is 23.7 Å². The number of rotatable bonds is 4. The lowest BCUT2D eigenvalue weighted by atomic mass is 10.1. The second kappa shape index (κ2) is 5.65. The number of hydrogen-bond acceptors (Lipinski definition) is 2. The highest BCUT2D eigenvalue weighted by atomic mass is 35.5. The highest BCUT2D eigenvalue weighted by Crippen LogP contribution is 2.21. The van der Waals surface area contributed by atoms with Crippen molar-refractivity contribution in [2.75, 3.05) is 7.05 Å². The molecule has 0 unspecified atom stereocenters. The predicted octanol–water partition coefficient (Wildman–Crippen LogP) is 3.46. The van der Waals surface area contributed by atoms with Crippen LogP contribution in [-0.2, 0) is 13.1 Å². The molecular weight excluding hydrogens is 270 g/mol. The van der Waals surface area contributed by atoms with Crippen molar-refractivity contribution in [3.8, 4) is 0 Å². The molecule has 20 heavy (non-hydrogen) atoms. The van der Waals surface area contributed by atoms with Gasteiger partial charge < -0.3 is 9.88 Å². The van der Waals surface area contributed by atoms with Gasteiger partial charge in [0.2, 0.25) is 0 Å². The highest BCUT2D eigenvalue weighted by molar-refractivity contribution is 6.31. The molecule has 0 aliphatic carbocycles. The Morgan fingerprint density at radius 1 is 1.25 bits per heavy atom. The van der Waals surface area contributed by atoms with Gasteiger partial charge in [0.05, 0.1) is 5.02 Å². The smallest absolute Gasteiger partial charge is 0.0639 e. The highest BCUT2D eigenvalue weighted by Gasteiger charge is 2.05. The molecule has 0 fully saturated rings. The fourth-order valence-corrected chi connectivity index (χ4v) is 2.58. The largest absolute Gasteiger partial charge is 0.343 e. The van der Waals surface area contributed by atoms with Crippen molar-refractivity contribution < 1.29 is 0 Å². The Labute approximate surface area is 123 Å². The molecule has 2 heterocycles. The van der Waals surface area contributed by atoms with E-state index in [4.69, 9.17) is 11.6 Å². The van der Waals surface area contributed by atoms with Crippen LogP contribution >= 0.6 is 11.6 Å². The van der Waals surface area contributed by atoms with Crippen molar-refractivity contribution in [2.45, 2.75) is 13.1 Å². The molecule has 0 saturated carbocycles. The monoisotopic (exact) mass is 285 g/mol. The van der Waals surface area contributed by atoms with Crippen LogP contribution in [0, 0.1) is 0 Å². The van der Waals surface area contributed by atoms with Crippen LogP contribution in [0.2, 0.25) is 5.02 Å². The van der Waals surface area contributed by atoms with Gasteiger partial charge in [-0.15, -0.1) is 0 Å². The van der Waals surface area contributed by atoms with Crippen molar-refractivity contribution >= 4 is 22.5 Å². The van der Waals surface area contributed by atoms with Crippen molar-refractivity contribution in [1.82, 2.24) is 14.9 Å². The Morgan fingerprint density at radius 3 is 2.95 bits per heavy atom. The van der Waals surface area contributed by atoms with Crippen LogP contribution in [0.15, 0.2) is 48.9 Å². The van der Waals surface area contributed by atoms with Gasteiger partial charge in [-0.25, -0.2) is 0 Å². The van der Waals surface area contributed by atoms with Crippen molar-refractivity contribution in [3.63, 3.8) is 0 Å². The Bertz CT molecular complexity index is 733. The fraction of sp³-hybridized carbons (Fsp3) is 0.188. The molecule has 0 saturated heterocycles. The Hall–Kier alpha value is -1.84. The summed E-state index contributed by atoms with van der Waals surface area (Å²) in [5, 5.41) is 5.13. The van der Waals surface area contributed by atoms with Gasteiger partial charge in [-0.05, 0) is 41.8 Å². The van der Waals surface area contributed by atoms with E-state index in [0.29, 0.717) is 5.02 Å². The maximum absolute atomic E-state index is 6.19. The Kier molecular flexibility index (Phi) is 3.72. The molecule has 1 N–H and O–H groups in total. The van der Waals surface area contributed by atoms with Gasteiger partial charge in [0, 0.05) is 37.2 Å². The third-order valence-electron chi connectivity index (χ3n) is 3.42. The Balaban J connectivity index is 1.99. The SMILES string of the molecule is CNCc1ccc2ccn(Cc3ccncc3Cl)c2c1. The van der Waals surface area contributed by atoms with E-state index in [2.05, 4.69) is 45.3 Å². The summed E-state index contributed by atoms with van der Waals surface area (Å²) >= 11 is 6.19. The number of nitrogens with one attached hydrogen (secondary N) is 1. The van der Waals surface area contributed by atoms with E-state index < -0.39 is 0 Å². The maximum Gasteiger partial charge on any atom is 0.0639 e. The second-order valence-corrected chi connectivity index (χ2v) is 5.24. The zero-order chi connectivity index (χ0) is 13.9. The van der Waals surface area contributed by atoms with Crippen LogP contribution in [0.5, 0.6) is 0 Å². The third kappa shape index (κ3) is 2.55. The van der Waals surface area contributed by atoms with E-state index in [-0.39, 0.29) is 0 Å². The normalized spacial score (nSPS) is 11.1. The second-order valence-electron chi connectivity index (χ2n) is 4.83. The summed E-state index contributed by atoms with van der Waals surface area (Å²) in [6.45, 7) is 1.63. The number of pyridine rings is 1. The first-order chi connectivity index (χ1) is 9.78. The van der Waals surface area contributed by atoms with Crippen LogP contribution in [0.1, 0.15) is 11.1 Å². The van der Waals surface area contributed by atoms with Gasteiger partial charge in [-0.2, -0.15) is 0 Å². The minimum atomic E-state index is 0.709. The molecule has 102 valence electrons. The molecule has 4 heteroatoms. The van der Waals surface area contributed by atoms with Crippen molar-refractivity contribution in [3.05, 3.63) is 65.1 Å². The lowest BCUT2D eigenvalue weighted by Crippen LogP contribution is -2.05. The summed E-state index contributed by atoms with van der Waals surface area (Å²) < 4.78 is 2.22. The topological polar surface area (TPSA) is 29.9 Å². The van der Waals surface area contributed by atoms with E-state index in [9.17, 15) is 0 Å². The molecule has 2 aromatic heterocycles. The molecule has 3 rings (SSSR count). The van der Waals surface area contributed by atoms with Gasteiger partial charge in [0.1, 0.15) is 0 Å². The summed E-state index contributed by atoms with van der Waals surface area (Å²) in [5.74, 6) is 0. The average molecular weight is 286 g/mol. The molecule has 1 aromatic carbocycles. The predicted molar refractivity (Wildman–Crippen MR) is 83.1 cm³/mol. The number of halogens is 1. The van der Waals surface area contributed by atoms with Crippen LogP contribution in [-0.4, -0.2) is 16.6 Å². The number of hydrogen-bond donors (Lipinski definition) is 1. The van der Waals surface area contributed by atoms with Gasteiger partial charge in [0.25, 0.3) is 0 Å². The van der Waals surface area contributed by atoms with Gasteiger partial charge in [-0.3, -0.25) is 4.98 Å². The van der Waals surface area contributed by atoms with E-state index in [1.165, 1.54) is 16.5 Å². The molecule has 0 spiro atoms. The van der Waals surface area contributed by atoms with Gasteiger partial charge >= 0.3 is 0 Å². The molecular formula is C16H16ClN3. The van der Waals surface area contributed by atoms with Gasteiger partial charge in [0.15, 0.2) is 0 Å². The number of benzene rings is 1. The molecule has 3 nitrogen and oxygen atoms in total. The minimum absolute atomic E-state index is 0.709. The third-order valence-corrected chi connectivity index (χ3v) is 3.76. The standard InChI is InChI=1S/C16H16ClN3/c1-18-9-12-2-3-13-5-7-20(16(13)8-12)11-14-4-6-19-10-15(14)17/h2-8,10,18H,9,11H2,1H3. The fourth-order valence-electron chi connectivity index (χ4n) is 2.40. The minimum Gasteiger partial charge on any atom is -0.343 e. The first kappa shape index (κ1) is 13.2. The molecule has 0 atom stereocenters. The lowest BCUT2D eigenvalue weighted by Gasteiger charge is -2.08. The van der Waals surface area contributed by atoms with Crippen LogP contribution < -0.4 is 5.32 Å². The summed E-state index contributed by atoms with van der Waals surface area (Å²) in [6, 6.07) is 10.6. The molecule has 0 radical (unpaired) electrons. The molecule has 0 aliphatic rings. The summed E-state index contributed by atoms with van der Waals surface area (Å²) in [5.41, 5.74) is 3.59. The van der Waals surface area contributed by atoms with E-state index in [1.54, 1.807) is 12.4 Å². The van der Waals surface area contributed by atoms with Crippen LogP contribution in [0.3, 0.4) is 0 Å². The van der Waals surface area contributed by atoms with Crippen molar-refractivity contribution in [2.24, 2.45) is 0 Å². The van der Waals surface area contributed by atoms with Crippen LogP contribution in [0.4, 0.5) is 0 Å². The quantitative estimate of drug-likeness (QED) is 0.796. The summed E-state index contributed by atoms with van der Waals surface area (Å²) in [4.78, 5) is 4.03. The zero-order valence-corrected chi connectivity index (χ0v) is 12.1. The number of aromatic nitrogens is 2. The molecule has 0 amide bonds. The first-order valence-electron chi connectivity index (χ1n) is 6.58. The zero-order valence-electron chi connectivity index (χ0n) is 11.3. The average Bonchev–Trinajstić information content (AvgIpc) is 2.85. The molecule has 0 aliphatic heterocycles. The van der Waals surface area contributed by atoms with E-state index in [0.717, 1.165) is 18.7 Å². The van der Waals surface area contributed by atoms with E-state index in [1.807, 2.05) is 13.1 Å². The maximum atomic E-state index is 6.19.